The maximum absolute atomic E-state index is 12.5. The zero-order valence-corrected chi connectivity index (χ0v) is 13.8. The third-order valence-corrected chi connectivity index (χ3v) is 4.17. The van der Waals surface area contributed by atoms with Crippen LogP contribution in [0.25, 0.3) is 0 Å². The van der Waals surface area contributed by atoms with Crippen LogP contribution in [0.3, 0.4) is 0 Å². The Bertz CT molecular complexity index is 713. The molecule has 24 heavy (non-hydrogen) atoms. The molecule has 3 heterocycles. The van der Waals surface area contributed by atoms with Crippen molar-refractivity contribution < 1.29 is 9.59 Å². The molecule has 126 valence electrons. The number of aromatic nitrogens is 3. The van der Waals surface area contributed by atoms with E-state index in [-0.39, 0.29) is 11.8 Å². The summed E-state index contributed by atoms with van der Waals surface area (Å²) < 4.78 is 1.94. The average molecular weight is 327 g/mol. The predicted octanol–water partition coefficient (Wildman–Crippen LogP) is 0.732. The second kappa shape index (κ2) is 7.25. The van der Waals surface area contributed by atoms with E-state index in [9.17, 15) is 9.59 Å². The lowest BCUT2D eigenvalue weighted by Crippen LogP contribution is -2.38. The van der Waals surface area contributed by atoms with Crippen molar-refractivity contribution in [1.29, 1.82) is 0 Å². The molecule has 1 aliphatic heterocycles. The largest absolute Gasteiger partial charge is 0.357 e. The first-order valence-corrected chi connectivity index (χ1v) is 8.07. The van der Waals surface area contributed by atoms with Crippen LogP contribution in [0.2, 0.25) is 0 Å². The monoisotopic (exact) mass is 327 g/mol. The molecule has 0 aliphatic carbocycles. The van der Waals surface area contributed by atoms with Gasteiger partial charge >= 0.3 is 0 Å². The average Bonchev–Trinajstić information content (AvgIpc) is 2.86. The minimum Gasteiger partial charge on any atom is -0.357 e. The molecule has 1 saturated heterocycles. The highest BCUT2D eigenvalue weighted by Crippen LogP contribution is 2.10. The third kappa shape index (κ3) is 3.79. The first-order chi connectivity index (χ1) is 11.6. The van der Waals surface area contributed by atoms with E-state index in [2.05, 4.69) is 9.97 Å². The summed E-state index contributed by atoms with van der Waals surface area (Å²) in [5.74, 6) is -0.0181. The minimum atomic E-state index is -0.125. The van der Waals surface area contributed by atoms with Crippen molar-refractivity contribution >= 4 is 11.8 Å². The van der Waals surface area contributed by atoms with E-state index in [1.54, 1.807) is 11.1 Å². The Morgan fingerprint density at radius 2 is 1.92 bits per heavy atom. The van der Waals surface area contributed by atoms with Crippen molar-refractivity contribution in [2.75, 3.05) is 26.2 Å². The number of carbonyl (C=O) groups excluding carboxylic acids is 2. The highest BCUT2D eigenvalue weighted by Gasteiger charge is 2.23. The molecule has 0 atom stereocenters. The SMILES string of the molecule is Cn1ccc(CC(=O)N2CCCN(C(=O)c3cnccn3)CC2)c1. The van der Waals surface area contributed by atoms with E-state index in [1.165, 1.54) is 12.4 Å². The number of aryl methyl sites for hydroxylation is 1. The number of nitrogens with zero attached hydrogens (tertiary/aromatic N) is 5. The van der Waals surface area contributed by atoms with Gasteiger partial charge in [0.15, 0.2) is 0 Å². The fraction of sp³-hybridized carbons (Fsp3) is 0.412. The van der Waals surface area contributed by atoms with Crippen LogP contribution in [-0.2, 0) is 18.3 Å². The third-order valence-electron chi connectivity index (χ3n) is 4.17. The summed E-state index contributed by atoms with van der Waals surface area (Å²) in [5.41, 5.74) is 1.36. The Hall–Kier alpha value is -2.70. The summed E-state index contributed by atoms with van der Waals surface area (Å²) in [5, 5.41) is 0. The zero-order chi connectivity index (χ0) is 16.9. The highest BCUT2D eigenvalue weighted by atomic mass is 16.2. The molecule has 0 N–H and O–H groups in total. The Labute approximate surface area is 140 Å². The molecule has 3 rings (SSSR count). The zero-order valence-electron chi connectivity index (χ0n) is 13.8. The van der Waals surface area contributed by atoms with Crippen LogP contribution < -0.4 is 0 Å². The molecule has 2 aromatic heterocycles. The van der Waals surface area contributed by atoms with Gasteiger partial charge in [0.05, 0.1) is 12.6 Å². The standard InChI is InChI=1S/C17H21N5O2/c1-20-8-3-14(13-20)11-16(23)21-6-2-7-22(10-9-21)17(24)15-12-18-4-5-19-15/h3-5,8,12-13H,2,6-7,9-11H2,1H3. The number of hydrogen-bond donors (Lipinski definition) is 0. The molecule has 1 fully saturated rings. The van der Waals surface area contributed by atoms with E-state index in [0.29, 0.717) is 38.3 Å². The molecular weight excluding hydrogens is 306 g/mol. The van der Waals surface area contributed by atoms with Gasteiger partial charge in [-0.05, 0) is 18.1 Å². The van der Waals surface area contributed by atoms with Crippen molar-refractivity contribution in [1.82, 2.24) is 24.3 Å². The van der Waals surface area contributed by atoms with Crippen molar-refractivity contribution in [3.05, 3.63) is 48.3 Å². The van der Waals surface area contributed by atoms with Gasteiger partial charge in [0, 0.05) is 58.0 Å². The fourth-order valence-corrected chi connectivity index (χ4v) is 2.89. The van der Waals surface area contributed by atoms with Crippen LogP contribution in [-0.4, -0.2) is 62.3 Å². The van der Waals surface area contributed by atoms with Crippen molar-refractivity contribution in [3.8, 4) is 0 Å². The lowest BCUT2D eigenvalue weighted by atomic mass is 10.2. The highest BCUT2D eigenvalue weighted by molar-refractivity contribution is 5.92. The molecule has 7 heteroatoms. The molecule has 0 bridgehead atoms. The molecule has 2 amide bonds. The summed E-state index contributed by atoms with van der Waals surface area (Å²) in [7, 11) is 1.94. The Balaban J connectivity index is 1.58. The van der Waals surface area contributed by atoms with Crippen LogP contribution in [0, 0.1) is 0 Å². The van der Waals surface area contributed by atoms with Gasteiger partial charge in [-0.1, -0.05) is 0 Å². The Kier molecular flexibility index (Phi) is 4.88. The van der Waals surface area contributed by atoms with Crippen molar-refractivity contribution in [2.24, 2.45) is 7.05 Å². The molecule has 0 spiro atoms. The van der Waals surface area contributed by atoms with Gasteiger partial charge in [-0.25, -0.2) is 4.98 Å². The van der Waals surface area contributed by atoms with E-state index in [1.807, 2.05) is 35.0 Å². The molecule has 0 radical (unpaired) electrons. The molecule has 0 saturated carbocycles. The normalized spacial score (nSPS) is 15.2. The van der Waals surface area contributed by atoms with Gasteiger partial charge in [0.25, 0.3) is 5.91 Å². The van der Waals surface area contributed by atoms with Crippen LogP contribution >= 0.6 is 0 Å². The smallest absolute Gasteiger partial charge is 0.274 e. The first kappa shape index (κ1) is 16.2. The molecule has 0 unspecified atom stereocenters. The van der Waals surface area contributed by atoms with E-state index >= 15 is 0 Å². The van der Waals surface area contributed by atoms with E-state index in [4.69, 9.17) is 0 Å². The number of rotatable bonds is 3. The summed E-state index contributed by atoms with van der Waals surface area (Å²) in [6.07, 6.45) is 9.60. The maximum atomic E-state index is 12.5. The topological polar surface area (TPSA) is 71.3 Å². The minimum absolute atomic E-state index is 0.106. The fourth-order valence-electron chi connectivity index (χ4n) is 2.89. The van der Waals surface area contributed by atoms with Crippen LogP contribution in [0.1, 0.15) is 22.5 Å². The van der Waals surface area contributed by atoms with Gasteiger partial charge in [-0.2, -0.15) is 0 Å². The molecule has 7 nitrogen and oxygen atoms in total. The molecule has 0 aromatic carbocycles. The van der Waals surface area contributed by atoms with Gasteiger partial charge in [0.2, 0.25) is 5.91 Å². The number of amides is 2. The van der Waals surface area contributed by atoms with Gasteiger partial charge in [-0.15, -0.1) is 0 Å². The second-order valence-corrected chi connectivity index (χ2v) is 5.98. The predicted molar refractivity (Wildman–Crippen MR) is 88.2 cm³/mol. The summed E-state index contributed by atoms with van der Waals surface area (Å²) in [6.45, 7) is 2.38. The van der Waals surface area contributed by atoms with E-state index < -0.39 is 0 Å². The summed E-state index contributed by atoms with van der Waals surface area (Å²) >= 11 is 0. The maximum Gasteiger partial charge on any atom is 0.274 e. The molecule has 1 aliphatic rings. The first-order valence-electron chi connectivity index (χ1n) is 8.07. The lowest BCUT2D eigenvalue weighted by molar-refractivity contribution is -0.130. The number of carbonyl (C=O) groups is 2. The Morgan fingerprint density at radius 1 is 1.12 bits per heavy atom. The quantitative estimate of drug-likeness (QED) is 0.833. The second-order valence-electron chi connectivity index (χ2n) is 5.98. The van der Waals surface area contributed by atoms with Crippen LogP contribution in [0.15, 0.2) is 37.1 Å². The molecular formula is C17H21N5O2. The molecule has 2 aromatic rings. The van der Waals surface area contributed by atoms with Gasteiger partial charge in [0.1, 0.15) is 5.69 Å². The summed E-state index contributed by atoms with van der Waals surface area (Å²) in [6, 6.07) is 1.96. The van der Waals surface area contributed by atoms with Crippen LogP contribution in [0.5, 0.6) is 0 Å². The van der Waals surface area contributed by atoms with E-state index in [0.717, 1.165) is 12.0 Å². The van der Waals surface area contributed by atoms with Crippen molar-refractivity contribution in [2.45, 2.75) is 12.8 Å². The lowest BCUT2D eigenvalue weighted by Gasteiger charge is -2.21. The van der Waals surface area contributed by atoms with Crippen LogP contribution in [0.4, 0.5) is 0 Å². The Morgan fingerprint density at radius 3 is 2.62 bits per heavy atom. The van der Waals surface area contributed by atoms with Gasteiger partial charge in [-0.3, -0.25) is 14.6 Å². The van der Waals surface area contributed by atoms with Gasteiger partial charge < -0.3 is 14.4 Å². The van der Waals surface area contributed by atoms with Crippen molar-refractivity contribution in [3.63, 3.8) is 0 Å². The number of hydrogen-bond acceptors (Lipinski definition) is 4. The summed E-state index contributed by atoms with van der Waals surface area (Å²) in [4.78, 5) is 36.5.